The lowest BCUT2D eigenvalue weighted by Gasteiger charge is -2.06. The SMILES string of the molecule is Cc1[nH]c(-c2cc(Br)cc3c2OCC3)nc1C(=O)O. The number of ether oxygens (including phenoxy) is 1. The molecule has 2 heterocycles. The van der Waals surface area contributed by atoms with Gasteiger partial charge in [-0.05, 0) is 24.6 Å². The Balaban J connectivity index is 2.17. The molecule has 0 amide bonds. The average molecular weight is 323 g/mol. The van der Waals surface area contributed by atoms with E-state index in [9.17, 15) is 4.79 Å². The molecule has 1 aliphatic rings. The Hall–Kier alpha value is -1.82. The molecule has 2 N–H and O–H groups in total. The van der Waals surface area contributed by atoms with Gasteiger partial charge in [-0.1, -0.05) is 15.9 Å². The highest BCUT2D eigenvalue weighted by Crippen LogP contribution is 2.38. The van der Waals surface area contributed by atoms with E-state index in [2.05, 4.69) is 25.9 Å². The van der Waals surface area contributed by atoms with Crippen LogP contribution in [-0.4, -0.2) is 27.7 Å². The molecule has 0 bridgehead atoms. The molecule has 0 radical (unpaired) electrons. The summed E-state index contributed by atoms with van der Waals surface area (Å²) in [4.78, 5) is 18.2. The Morgan fingerprint density at radius 2 is 2.32 bits per heavy atom. The summed E-state index contributed by atoms with van der Waals surface area (Å²) in [6.07, 6.45) is 0.854. The highest BCUT2D eigenvalue weighted by atomic mass is 79.9. The van der Waals surface area contributed by atoms with Crippen LogP contribution in [0.15, 0.2) is 16.6 Å². The van der Waals surface area contributed by atoms with Crippen molar-refractivity contribution in [3.05, 3.63) is 33.6 Å². The number of carboxylic acid groups (broad SMARTS) is 1. The second kappa shape index (κ2) is 4.38. The van der Waals surface area contributed by atoms with Crippen molar-refractivity contribution in [1.29, 1.82) is 0 Å². The molecule has 5 nitrogen and oxygen atoms in total. The number of carboxylic acids is 1. The minimum Gasteiger partial charge on any atom is -0.492 e. The van der Waals surface area contributed by atoms with Crippen LogP contribution in [0.25, 0.3) is 11.4 Å². The molecule has 1 aromatic carbocycles. The van der Waals surface area contributed by atoms with Crippen LogP contribution in [0.4, 0.5) is 0 Å². The summed E-state index contributed by atoms with van der Waals surface area (Å²) >= 11 is 3.45. The van der Waals surface area contributed by atoms with E-state index in [4.69, 9.17) is 9.84 Å². The number of H-pyrrole nitrogens is 1. The van der Waals surface area contributed by atoms with Crippen molar-refractivity contribution in [1.82, 2.24) is 9.97 Å². The predicted molar refractivity (Wildman–Crippen MR) is 72.6 cm³/mol. The largest absolute Gasteiger partial charge is 0.492 e. The summed E-state index contributed by atoms with van der Waals surface area (Å²) in [7, 11) is 0. The molecule has 3 rings (SSSR count). The Labute approximate surface area is 117 Å². The lowest BCUT2D eigenvalue weighted by atomic mass is 10.1. The minimum absolute atomic E-state index is 0.0433. The maximum absolute atomic E-state index is 11.0. The van der Waals surface area contributed by atoms with Gasteiger partial charge >= 0.3 is 5.97 Å². The molecular formula is C13H11BrN2O3. The summed E-state index contributed by atoms with van der Waals surface area (Å²) in [5.74, 6) is 0.274. The minimum atomic E-state index is -1.03. The number of carbonyl (C=O) groups is 1. The number of imidazole rings is 1. The molecule has 1 aliphatic heterocycles. The van der Waals surface area contributed by atoms with Gasteiger partial charge in [-0.25, -0.2) is 9.78 Å². The number of aromatic nitrogens is 2. The Morgan fingerprint density at radius 3 is 3.00 bits per heavy atom. The Bertz CT molecular complexity index is 679. The first-order valence-electron chi connectivity index (χ1n) is 5.81. The number of benzene rings is 1. The highest BCUT2D eigenvalue weighted by molar-refractivity contribution is 9.10. The van der Waals surface area contributed by atoms with E-state index in [1.54, 1.807) is 6.92 Å². The first-order valence-corrected chi connectivity index (χ1v) is 6.61. The van der Waals surface area contributed by atoms with Crippen LogP contribution in [0.3, 0.4) is 0 Å². The van der Waals surface area contributed by atoms with Crippen molar-refractivity contribution in [3.63, 3.8) is 0 Å². The molecule has 19 heavy (non-hydrogen) atoms. The van der Waals surface area contributed by atoms with E-state index >= 15 is 0 Å². The fourth-order valence-electron chi connectivity index (χ4n) is 2.24. The first-order chi connectivity index (χ1) is 9.06. The molecule has 2 aromatic rings. The van der Waals surface area contributed by atoms with E-state index in [1.165, 1.54) is 0 Å². The van der Waals surface area contributed by atoms with Gasteiger partial charge in [-0.2, -0.15) is 0 Å². The second-order valence-electron chi connectivity index (χ2n) is 4.40. The van der Waals surface area contributed by atoms with Crippen molar-refractivity contribution in [2.75, 3.05) is 6.61 Å². The molecule has 1 aromatic heterocycles. The summed E-state index contributed by atoms with van der Waals surface area (Å²) in [5, 5.41) is 9.05. The number of aromatic carboxylic acids is 1. The fraction of sp³-hybridized carbons (Fsp3) is 0.231. The van der Waals surface area contributed by atoms with Crippen molar-refractivity contribution >= 4 is 21.9 Å². The molecule has 0 saturated carbocycles. The number of aryl methyl sites for hydroxylation is 1. The highest BCUT2D eigenvalue weighted by Gasteiger charge is 2.22. The molecule has 0 spiro atoms. The molecule has 6 heteroatoms. The normalized spacial score (nSPS) is 13.2. The predicted octanol–water partition coefficient (Wildman–Crippen LogP) is 2.78. The molecular weight excluding hydrogens is 312 g/mol. The number of halogens is 1. The van der Waals surface area contributed by atoms with E-state index in [1.807, 2.05) is 12.1 Å². The average Bonchev–Trinajstić information content (AvgIpc) is 2.93. The van der Waals surface area contributed by atoms with Crippen LogP contribution in [0.2, 0.25) is 0 Å². The van der Waals surface area contributed by atoms with Crippen LogP contribution in [0, 0.1) is 6.92 Å². The zero-order valence-electron chi connectivity index (χ0n) is 10.2. The summed E-state index contributed by atoms with van der Waals surface area (Å²) in [6.45, 7) is 2.34. The number of nitrogens with zero attached hydrogens (tertiary/aromatic N) is 1. The summed E-state index contributed by atoms with van der Waals surface area (Å²) < 4.78 is 6.55. The Kier molecular flexibility index (Phi) is 2.82. The maximum atomic E-state index is 11.0. The summed E-state index contributed by atoms with van der Waals surface area (Å²) in [6, 6.07) is 3.90. The van der Waals surface area contributed by atoms with Crippen LogP contribution in [0.5, 0.6) is 5.75 Å². The number of nitrogens with one attached hydrogen (secondary N) is 1. The molecule has 0 aliphatic carbocycles. The van der Waals surface area contributed by atoms with Crippen LogP contribution >= 0.6 is 15.9 Å². The number of fused-ring (bicyclic) bond motifs is 1. The lowest BCUT2D eigenvalue weighted by molar-refractivity contribution is 0.0690. The van der Waals surface area contributed by atoms with Crippen molar-refractivity contribution in [3.8, 4) is 17.1 Å². The van der Waals surface area contributed by atoms with E-state index in [0.29, 0.717) is 18.1 Å². The van der Waals surface area contributed by atoms with Crippen molar-refractivity contribution < 1.29 is 14.6 Å². The van der Waals surface area contributed by atoms with Gasteiger partial charge in [-0.15, -0.1) is 0 Å². The third-order valence-electron chi connectivity index (χ3n) is 3.09. The number of aromatic amines is 1. The van der Waals surface area contributed by atoms with Gasteiger partial charge in [0.2, 0.25) is 0 Å². The molecule has 98 valence electrons. The van der Waals surface area contributed by atoms with Crippen molar-refractivity contribution in [2.45, 2.75) is 13.3 Å². The third-order valence-corrected chi connectivity index (χ3v) is 3.55. The molecule has 0 unspecified atom stereocenters. The smallest absolute Gasteiger partial charge is 0.356 e. The van der Waals surface area contributed by atoms with Crippen LogP contribution in [-0.2, 0) is 6.42 Å². The zero-order chi connectivity index (χ0) is 13.6. The van der Waals surface area contributed by atoms with Crippen molar-refractivity contribution in [2.24, 2.45) is 0 Å². The van der Waals surface area contributed by atoms with E-state index < -0.39 is 5.97 Å². The lowest BCUT2D eigenvalue weighted by Crippen LogP contribution is -1.98. The van der Waals surface area contributed by atoms with Gasteiger partial charge in [0.05, 0.1) is 12.2 Å². The number of hydrogen-bond acceptors (Lipinski definition) is 3. The van der Waals surface area contributed by atoms with Gasteiger partial charge in [0.1, 0.15) is 11.6 Å². The quantitative estimate of drug-likeness (QED) is 0.891. The maximum Gasteiger partial charge on any atom is 0.356 e. The second-order valence-corrected chi connectivity index (χ2v) is 5.32. The number of rotatable bonds is 2. The molecule has 0 fully saturated rings. The topological polar surface area (TPSA) is 75.2 Å². The van der Waals surface area contributed by atoms with Crippen LogP contribution in [0.1, 0.15) is 21.7 Å². The monoisotopic (exact) mass is 322 g/mol. The van der Waals surface area contributed by atoms with Gasteiger partial charge in [-0.3, -0.25) is 0 Å². The summed E-state index contributed by atoms with van der Waals surface area (Å²) in [5.41, 5.74) is 2.48. The van der Waals surface area contributed by atoms with Gasteiger partial charge in [0, 0.05) is 16.6 Å². The van der Waals surface area contributed by atoms with Gasteiger partial charge in [0.25, 0.3) is 0 Å². The number of hydrogen-bond donors (Lipinski definition) is 2. The first kappa shape index (κ1) is 12.2. The van der Waals surface area contributed by atoms with E-state index in [0.717, 1.165) is 27.8 Å². The van der Waals surface area contributed by atoms with Gasteiger partial charge < -0.3 is 14.8 Å². The third kappa shape index (κ3) is 2.02. The zero-order valence-corrected chi connectivity index (χ0v) is 11.7. The Morgan fingerprint density at radius 1 is 1.53 bits per heavy atom. The van der Waals surface area contributed by atoms with Crippen LogP contribution < -0.4 is 4.74 Å². The van der Waals surface area contributed by atoms with E-state index in [-0.39, 0.29) is 5.69 Å². The van der Waals surface area contributed by atoms with Gasteiger partial charge in [0.15, 0.2) is 5.69 Å². The standard InChI is InChI=1S/C13H11BrN2O3/c1-6-10(13(17)18)16-12(15-6)9-5-8(14)4-7-2-3-19-11(7)9/h4-5H,2-3H2,1H3,(H,15,16)(H,17,18). The molecule has 0 saturated heterocycles. The molecule has 0 atom stereocenters. The fourth-order valence-corrected chi connectivity index (χ4v) is 2.75.